The normalized spacial score (nSPS) is 16.5. The van der Waals surface area contributed by atoms with Gasteiger partial charge >= 0.3 is 0 Å². The zero-order chi connectivity index (χ0) is 13.7. The van der Waals surface area contributed by atoms with Crippen LogP contribution in [0.1, 0.15) is 31.2 Å². The second-order valence-corrected chi connectivity index (χ2v) is 5.95. The summed E-state index contributed by atoms with van der Waals surface area (Å²) < 4.78 is 13.8. The number of carbonyl (C=O) groups excluding carboxylic acids is 1. The van der Waals surface area contributed by atoms with Crippen molar-refractivity contribution in [3.8, 4) is 0 Å². The van der Waals surface area contributed by atoms with Crippen molar-refractivity contribution >= 4 is 21.7 Å². The molecule has 2 nitrogen and oxygen atoms in total. The molecule has 1 N–H and O–H groups in total. The van der Waals surface area contributed by atoms with Gasteiger partial charge < -0.3 is 5.32 Å². The summed E-state index contributed by atoms with van der Waals surface area (Å²) in [6, 6.07) is 4.85. The number of rotatable bonds is 5. The molecule has 0 aliphatic carbocycles. The highest BCUT2D eigenvalue weighted by molar-refractivity contribution is 9.10. The second kappa shape index (κ2) is 7.15. The Hall–Kier alpha value is -0.740. The molecule has 0 unspecified atom stereocenters. The predicted molar refractivity (Wildman–Crippen MR) is 77.6 cm³/mol. The van der Waals surface area contributed by atoms with Gasteiger partial charge in [-0.05, 0) is 65.8 Å². The summed E-state index contributed by atoms with van der Waals surface area (Å²) in [5, 5.41) is 3.32. The van der Waals surface area contributed by atoms with Gasteiger partial charge in [-0.25, -0.2) is 4.39 Å². The van der Waals surface area contributed by atoms with Crippen LogP contribution in [0.5, 0.6) is 0 Å². The maximum atomic E-state index is 13.3. The number of hydrogen-bond acceptors (Lipinski definition) is 2. The van der Waals surface area contributed by atoms with Crippen molar-refractivity contribution in [3.05, 3.63) is 34.1 Å². The van der Waals surface area contributed by atoms with E-state index in [-0.39, 0.29) is 11.6 Å². The minimum atomic E-state index is -0.302. The fraction of sp³-hybridized carbons (Fsp3) is 0.533. The molecule has 104 valence electrons. The van der Waals surface area contributed by atoms with E-state index >= 15 is 0 Å². The molecule has 1 aromatic carbocycles. The van der Waals surface area contributed by atoms with Crippen LogP contribution in [0.2, 0.25) is 0 Å². The highest BCUT2D eigenvalue weighted by atomic mass is 79.9. The van der Waals surface area contributed by atoms with Gasteiger partial charge in [0.25, 0.3) is 0 Å². The molecule has 1 saturated heterocycles. The molecule has 0 atom stereocenters. The largest absolute Gasteiger partial charge is 0.317 e. The summed E-state index contributed by atoms with van der Waals surface area (Å²) in [7, 11) is 0. The monoisotopic (exact) mass is 327 g/mol. The lowest BCUT2D eigenvalue weighted by atomic mass is 9.91. The third-order valence-electron chi connectivity index (χ3n) is 3.71. The molecule has 1 aromatic rings. The quantitative estimate of drug-likeness (QED) is 0.897. The minimum Gasteiger partial charge on any atom is -0.317 e. The molecule has 0 amide bonds. The summed E-state index contributed by atoms with van der Waals surface area (Å²) in [5.41, 5.74) is 0.746. The van der Waals surface area contributed by atoms with E-state index in [0.717, 1.165) is 37.9 Å². The Bertz CT molecular complexity index is 444. The lowest BCUT2D eigenvalue weighted by Gasteiger charge is -2.22. The lowest BCUT2D eigenvalue weighted by molar-refractivity contribution is -0.118. The Morgan fingerprint density at radius 1 is 1.37 bits per heavy atom. The van der Waals surface area contributed by atoms with E-state index in [9.17, 15) is 9.18 Å². The molecule has 1 aliphatic heterocycles. The lowest BCUT2D eigenvalue weighted by Crippen LogP contribution is -2.28. The van der Waals surface area contributed by atoms with Crippen molar-refractivity contribution < 1.29 is 9.18 Å². The van der Waals surface area contributed by atoms with Crippen LogP contribution in [0, 0.1) is 11.7 Å². The number of ketones is 1. The van der Waals surface area contributed by atoms with Crippen molar-refractivity contribution in [1.82, 2.24) is 5.32 Å². The first-order valence-corrected chi connectivity index (χ1v) is 7.61. The molecule has 1 fully saturated rings. The number of benzene rings is 1. The highest BCUT2D eigenvalue weighted by Crippen LogP contribution is 2.23. The van der Waals surface area contributed by atoms with Crippen molar-refractivity contribution in [2.45, 2.75) is 32.1 Å². The van der Waals surface area contributed by atoms with E-state index in [4.69, 9.17) is 0 Å². The smallest absolute Gasteiger partial charge is 0.137 e. The number of nitrogens with one attached hydrogen (secondary N) is 1. The third-order valence-corrected chi connectivity index (χ3v) is 4.60. The minimum absolute atomic E-state index is 0.199. The van der Waals surface area contributed by atoms with Gasteiger partial charge in [-0.2, -0.15) is 0 Å². The molecule has 19 heavy (non-hydrogen) atoms. The number of carbonyl (C=O) groups is 1. The van der Waals surface area contributed by atoms with Gasteiger partial charge in [-0.3, -0.25) is 4.79 Å². The van der Waals surface area contributed by atoms with E-state index in [1.54, 1.807) is 12.1 Å². The topological polar surface area (TPSA) is 29.1 Å². The van der Waals surface area contributed by atoms with E-state index < -0.39 is 0 Å². The molecule has 1 aliphatic rings. The van der Waals surface area contributed by atoms with Crippen LogP contribution >= 0.6 is 15.9 Å². The van der Waals surface area contributed by atoms with Gasteiger partial charge in [0, 0.05) is 12.8 Å². The Kier molecular flexibility index (Phi) is 5.52. The Balaban J connectivity index is 1.82. The van der Waals surface area contributed by atoms with E-state index in [2.05, 4.69) is 21.2 Å². The first kappa shape index (κ1) is 14.7. The van der Waals surface area contributed by atoms with Crippen LogP contribution in [0.3, 0.4) is 0 Å². The van der Waals surface area contributed by atoms with Gasteiger partial charge in [0.05, 0.1) is 4.47 Å². The summed E-state index contributed by atoms with van der Waals surface area (Å²) >= 11 is 3.20. The van der Waals surface area contributed by atoms with Crippen LogP contribution in [0.15, 0.2) is 22.7 Å². The summed E-state index contributed by atoms with van der Waals surface area (Å²) in [6.07, 6.45) is 4.22. The summed E-state index contributed by atoms with van der Waals surface area (Å²) in [5.74, 6) is 0.564. The third kappa shape index (κ3) is 4.39. The van der Waals surface area contributed by atoms with Gasteiger partial charge in [0.1, 0.15) is 11.6 Å². The summed E-state index contributed by atoms with van der Waals surface area (Å²) in [4.78, 5) is 12.0. The fourth-order valence-corrected chi connectivity index (χ4v) is 2.93. The van der Waals surface area contributed by atoms with E-state index in [1.807, 2.05) is 0 Å². The molecule has 0 spiro atoms. The predicted octanol–water partition coefficient (Wildman–Crippen LogP) is 3.48. The summed E-state index contributed by atoms with van der Waals surface area (Å²) in [6.45, 7) is 2.13. The maximum absolute atomic E-state index is 13.3. The molecular formula is C15H19BrFNO. The van der Waals surface area contributed by atoms with Crippen LogP contribution in [0.25, 0.3) is 0 Å². The number of Topliss-reactive ketones (excluding diaryl/α,β-unsaturated/α-hetero) is 1. The average molecular weight is 328 g/mol. The second-order valence-electron chi connectivity index (χ2n) is 5.16. The van der Waals surface area contributed by atoms with Gasteiger partial charge in [0.2, 0.25) is 0 Å². The first-order valence-electron chi connectivity index (χ1n) is 6.82. The van der Waals surface area contributed by atoms with E-state index in [0.29, 0.717) is 23.2 Å². The van der Waals surface area contributed by atoms with Crippen molar-refractivity contribution in [2.24, 2.45) is 5.92 Å². The standard InChI is InChI=1S/C15H19BrFNO/c16-15-12(2-1-3-14(15)17)10-13(19)5-4-11-6-8-18-9-7-11/h1-3,11,18H,4-10H2. The zero-order valence-corrected chi connectivity index (χ0v) is 12.5. The molecule has 1 heterocycles. The van der Waals surface area contributed by atoms with E-state index in [1.165, 1.54) is 6.07 Å². The van der Waals surface area contributed by atoms with Crippen LogP contribution < -0.4 is 5.32 Å². The molecular weight excluding hydrogens is 309 g/mol. The van der Waals surface area contributed by atoms with Crippen molar-refractivity contribution in [3.63, 3.8) is 0 Å². The maximum Gasteiger partial charge on any atom is 0.137 e. The van der Waals surface area contributed by atoms with Gasteiger partial charge in [0.15, 0.2) is 0 Å². The van der Waals surface area contributed by atoms with Crippen LogP contribution in [-0.4, -0.2) is 18.9 Å². The average Bonchev–Trinajstić information content (AvgIpc) is 2.43. The fourth-order valence-electron chi connectivity index (χ4n) is 2.52. The Labute approximate surface area is 121 Å². The van der Waals surface area contributed by atoms with Crippen LogP contribution in [-0.2, 0) is 11.2 Å². The number of piperidine rings is 1. The molecule has 0 aromatic heterocycles. The first-order chi connectivity index (χ1) is 9.16. The molecule has 2 rings (SSSR count). The van der Waals surface area contributed by atoms with Gasteiger partial charge in [-0.15, -0.1) is 0 Å². The molecule has 0 bridgehead atoms. The van der Waals surface area contributed by atoms with Crippen molar-refractivity contribution in [2.75, 3.05) is 13.1 Å². The molecule has 0 radical (unpaired) electrons. The highest BCUT2D eigenvalue weighted by Gasteiger charge is 2.15. The number of halogens is 2. The SMILES string of the molecule is O=C(CCC1CCNCC1)Cc1cccc(F)c1Br. The Morgan fingerprint density at radius 3 is 2.84 bits per heavy atom. The van der Waals surface area contributed by atoms with Gasteiger partial charge in [-0.1, -0.05) is 12.1 Å². The molecule has 0 saturated carbocycles. The Morgan fingerprint density at radius 2 is 2.11 bits per heavy atom. The number of hydrogen-bond donors (Lipinski definition) is 1. The zero-order valence-electron chi connectivity index (χ0n) is 10.9. The van der Waals surface area contributed by atoms with Crippen molar-refractivity contribution in [1.29, 1.82) is 0 Å². The van der Waals surface area contributed by atoms with Crippen LogP contribution in [0.4, 0.5) is 4.39 Å². The molecule has 4 heteroatoms.